The molecule has 49 heavy (non-hydrogen) atoms. The molecule has 0 saturated carbocycles. The fourth-order valence-electron chi connectivity index (χ4n) is 5.39. The highest BCUT2D eigenvalue weighted by Crippen LogP contribution is 2.36. The zero-order chi connectivity index (χ0) is 34.7. The number of aromatic nitrogens is 1. The zero-order valence-corrected chi connectivity index (χ0v) is 31.2. The number of esters is 1. The molecule has 0 unspecified atom stereocenters. The first-order valence-corrected chi connectivity index (χ1v) is 17.9. The molecule has 1 aliphatic rings. The van der Waals surface area contributed by atoms with Gasteiger partial charge in [0, 0.05) is 26.8 Å². The Hall–Kier alpha value is -4.35. The van der Waals surface area contributed by atoms with E-state index in [1.54, 1.807) is 48.9 Å². The van der Waals surface area contributed by atoms with Gasteiger partial charge >= 0.3 is 5.97 Å². The Labute approximate surface area is 311 Å². The Morgan fingerprint density at radius 1 is 1.04 bits per heavy atom. The summed E-state index contributed by atoms with van der Waals surface area (Å²) in [4.78, 5) is 44.1. The van der Waals surface area contributed by atoms with E-state index in [4.69, 9.17) is 19.2 Å². The number of methoxy groups -OCH3 is 1. The van der Waals surface area contributed by atoms with Crippen LogP contribution in [-0.2, 0) is 16.1 Å². The second-order valence-electron chi connectivity index (χ2n) is 10.7. The first-order valence-electron chi connectivity index (χ1n) is 15.0. The van der Waals surface area contributed by atoms with Crippen LogP contribution in [0.15, 0.2) is 106 Å². The summed E-state index contributed by atoms with van der Waals surface area (Å²) in [5, 5.41) is 11.1. The average molecular weight is 900 g/mol. The van der Waals surface area contributed by atoms with Gasteiger partial charge in [0.15, 0.2) is 4.80 Å². The Morgan fingerprint density at radius 2 is 1.76 bits per heavy atom. The van der Waals surface area contributed by atoms with Gasteiger partial charge in [0.05, 0.1) is 44.1 Å². The molecule has 0 radical (unpaired) electrons. The molecule has 13 heteroatoms. The van der Waals surface area contributed by atoms with Gasteiger partial charge in [-0.2, -0.15) is 0 Å². The molecule has 0 amide bonds. The first kappa shape index (κ1) is 34.5. The van der Waals surface area contributed by atoms with E-state index in [2.05, 4.69) is 45.2 Å². The SMILES string of the molecule is CCOC(=O)C1=C(c2ccccc2)N=c2s/c(=C\c3cc(I)cc(I)c3OCc3ccc([N+](=O)[O-])cc3)c(=O)n2[C@H]1c1ccc(OC)cc1. The molecule has 0 saturated heterocycles. The predicted octanol–water partition coefficient (Wildman–Crippen LogP) is 6.64. The number of carbonyl (C=O) groups excluding carboxylic acids is 1. The maximum Gasteiger partial charge on any atom is 0.338 e. The van der Waals surface area contributed by atoms with Crippen molar-refractivity contribution in [2.75, 3.05) is 13.7 Å². The minimum Gasteiger partial charge on any atom is -0.497 e. The summed E-state index contributed by atoms with van der Waals surface area (Å²) in [6.45, 7) is 2.05. The van der Waals surface area contributed by atoms with Crippen molar-refractivity contribution in [3.05, 3.63) is 156 Å². The highest BCUT2D eigenvalue weighted by atomic mass is 127. The summed E-state index contributed by atoms with van der Waals surface area (Å²) < 4.78 is 20.9. The summed E-state index contributed by atoms with van der Waals surface area (Å²) in [5.74, 6) is 0.638. The van der Waals surface area contributed by atoms with Crippen LogP contribution < -0.4 is 24.4 Å². The number of hydrogen-bond donors (Lipinski definition) is 0. The summed E-state index contributed by atoms with van der Waals surface area (Å²) in [6.07, 6.45) is 1.78. The Bertz CT molecular complexity index is 2270. The number of ether oxygens (including phenoxy) is 3. The van der Waals surface area contributed by atoms with Crippen LogP contribution >= 0.6 is 56.5 Å². The summed E-state index contributed by atoms with van der Waals surface area (Å²) in [5.41, 5.74) is 3.21. The Morgan fingerprint density at radius 3 is 2.41 bits per heavy atom. The quantitative estimate of drug-likeness (QED) is 0.0667. The number of carbonyl (C=O) groups is 1. The van der Waals surface area contributed by atoms with Crippen LogP contribution in [0.3, 0.4) is 0 Å². The van der Waals surface area contributed by atoms with Crippen LogP contribution in [0.4, 0.5) is 5.69 Å². The maximum atomic E-state index is 14.4. The van der Waals surface area contributed by atoms with Crippen molar-refractivity contribution in [3.63, 3.8) is 0 Å². The second-order valence-corrected chi connectivity index (χ2v) is 14.1. The van der Waals surface area contributed by atoms with Crippen molar-refractivity contribution in [2.24, 2.45) is 4.99 Å². The molecule has 1 aromatic heterocycles. The molecule has 0 aliphatic carbocycles. The van der Waals surface area contributed by atoms with Gasteiger partial charge in [0.25, 0.3) is 11.2 Å². The summed E-state index contributed by atoms with van der Waals surface area (Å²) >= 11 is 5.63. The molecule has 0 bridgehead atoms. The molecule has 5 aromatic rings. The molecule has 0 spiro atoms. The molecule has 1 aliphatic heterocycles. The lowest BCUT2D eigenvalue weighted by Crippen LogP contribution is -2.40. The van der Waals surface area contributed by atoms with Crippen molar-refractivity contribution < 1.29 is 23.9 Å². The van der Waals surface area contributed by atoms with Crippen LogP contribution in [0.5, 0.6) is 11.5 Å². The molecule has 248 valence electrons. The van der Waals surface area contributed by atoms with Gasteiger partial charge in [-0.25, -0.2) is 9.79 Å². The van der Waals surface area contributed by atoms with E-state index in [-0.39, 0.29) is 30.0 Å². The van der Waals surface area contributed by atoms with Crippen LogP contribution in [0, 0.1) is 17.3 Å². The first-order chi connectivity index (χ1) is 23.7. The monoisotopic (exact) mass is 899 g/mol. The fourth-order valence-corrected chi connectivity index (χ4v) is 8.43. The third-order valence-electron chi connectivity index (χ3n) is 7.66. The maximum absolute atomic E-state index is 14.4. The van der Waals surface area contributed by atoms with Gasteiger partial charge in [-0.15, -0.1) is 0 Å². The Kier molecular flexibility index (Phi) is 10.6. The van der Waals surface area contributed by atoms with Crippen molar-refractivity contribution in [1.82, 2.24) is 4.57 Å². The number of nitro benzene ring substituents is 1. The highest BCUT2D eigenvalue weighted by Gasteiger charge is 2.35. The van der Waals surface area contributed by atoms with Crippen LogP contribution in [0.1, 0.15) is 35.2 Å². The van der Waals surface area contributed by atoms with Crippen LogP contribution in [-0.4, -0.2) is 29.2 Å². The van der Waals surface area contributed by atoms with E-state index in [9.17, 15) is 19.7 Å². The van der Waals surface area contributed by atoms with E-state index >= 15 is 0 Å². The number of nitrogens with zero attached hydrogens (tertiary/aromatic N) is 3. The van der Waals surface area contributed by atoms with E-state index in [0.717, 1.165) is 18.3 Å². The molecule has 1 atom stereocenters. The molecule has 0 fully saturated rings. The number of fused-ring (bicyclic) bond motifs is 1. The molecule has 2 heterocycles. The summed E-state index contributed by atoms with van der Waals surface area (Å²) in [6, 6.07) is 25.9. The molecular formula is C36H27I2N3O7S. The number of halogens is 2. The molecule has 4 aromatic carbocycles. The van der Waals surface area contributed by atoms with Crippen molar-refractivity contribution in [3.8, 4) is 11.5 Å². The van der Waals surface area contributed by atoms with Gasteiger partial charge in [0.1, 0.15) is 18.1 Å². The van der Waals surface area contributed by atoms with Gasteiger partial charge in [-0.3, -0.25) is 19.5 Å². The lowest BCUT2D eigenvalue weighted by atomic mass is 9.93. The minimum atomic E-state index is -0.826. The second kappa shape index (κ2) is 15.0. The zero-order valence-electron chi connectivity index (χ0n) is 26.1. The van der Waals surface area contributed by atoms with E-state index < -0.39 is 16.9 Å². The van der Waals surface area contributed by atoms with Crippen molar-refractivity contribution in [2.45, 2.75) is 19.6 Å². The van der Waals surface area contributed by atoms with Crippen molar-refractivity contribution >= 4 is 79.9 Å². The van der Waals surface area contributed by atoms with Gasteiger partial charge in [0.2, 0.25) is 0 Å². The lowest BCUT2D eigenvalue weighted by molar-refractivity contribution is -0.384. The topological polar surface area (TPSA) is 122 Å². The van der Waals surface area contributed by atoms with E-state index in [1.165, 1.54) is 23.5 Å². The number of nitro groups is 1. The fraction of sp³-hybridized carbons (Fsp3) is 0.139. The number of rotatable bonds is 10. The summed E-state index contributed by atoms with van der Waals surface area (Å²) in [7, 11) is 1.57. The van der Waals surface area contributed by atoms with Crippen LogP contribution in [0.2, 0.25) is 0 Å². The average Bonchev–Trinajstić information content (AvgIpc) is 3.41. The predicted molar refractivity (Wildman–Crippen MR) is 203 cm³/mol. The number of thiazole rings is 1. The van der Waals surface area contributed by atoms with Gasteiger partial charge < -0.3 is 14.2 Å². The molecule has 0 N–H and O–H groups in total. The number of hydrogen-bond acceptors (Lipinski definition) is 9. The van der Waals surface area contributed by atoms with Gasteiger partial charge in [-0.05, 0) is 106 Å². The third kappa shape index (κ3) is 7.33. The smallest absolute Gasteiger partial charge is 0.338 e. The number of non-ortho nitro benzene ring substituents is 1. The van der Waals surface area contributed by atoms with E-state index in [1.807, 2.05) is 54.6 Å². The molecule has 6 rings (SSSR count). The highest BCUT2D eigenvalue weighted by molar-refractivity contribution is 14.1. The van der Waals surface area contributed by atoms with Crippen molar-refractivity contribution in [1.29, 1.82) is 0 Å². The molecular weight excluding hydrogens is 872 g/mol. The third-order valence-corrected chi connectivity index (χ3v) is 10.1. The lowest BCUT2D eigenvalue weighted by Gasteiger charge is -2.26. The Balaban J connectivity index is 1.52. The van der Waals surface area contributed by atoms with Gasteiger partial charge in [-0.1, -0.05) is 53.8 Å². The normalized spacial score (nSPS) is 14.2. The number of benzene rings is 4. The van der Waals surface area contributed by atoms with E-state index in [0.29, 0.717) is 37.7 Å². The standard InChI is InChI=1S/C36H27I2N3O7S/c1-3-47-35(43)30-31(22-7-5-4-6-8-22)39-36-40(32(30)23-11-15-27(46-2)16-12-23)34(42)29(49-36)18-24-17-25(37)19-28(38)33(24)48-20-21-9-13-26(14-10-21)41(44)45/h4-19,32H,3,20H2,1-2H3/b29-18-/t32-/m0/s1. The molecule has 10 nitrogen and oxygen atoms in total. The van der Waals surface area contributed by atoms with Crippen LogP contribution in [0.25, 0.3) is 11.8 Å². The minimum absolute atomic E-state index is 0.00172. The largest absolute Gasteiger partial charge is 0.497 e.